The van der Waals surface area contributed by atoms with Gasteiger partial charge in [0.05, 0.1) is 34.0 Å². The van der Waals surface area contributed by atoms with E-state index in [2.05, 4.69) is 120 Å². The molecule has 12 aromatic rings. The van der Waals surface area contributed by atoms with Gasteiger partial charge in [0.15, 0.2) is 46.0 Å². The van der Waals surface area contributed by atoms with Gasteiger partial charge in [-0.05, 0) is 147 Å². The number of nitrogens with zero attached hydrogens (tertiary/aromatic N) is 2. The van der Waals surface area contributed by atoms with Crippen LogP contribution in [0.3, 0.4) is 0 Å². The summed E-state index contributed by atoms with van der Waals surface area (Å²) in [5.41, 5.74) is 11.8. The Hall–Kier alpha value is -8.94. The Balaban J connectivity index is 0.000000110. The number of hydrogen-bond donors (Lipinski definition) is 0. The highest BCUT2D eigenvalue weighted by molar-refractivity contribution is 9.10. The van der Waals surface area contributed by atoms with Crippen molar-refractivity contribution in [3.63, 3.8) is 0 Å². The maximum Gasteiger partial charge on any atom is 0.494 e. The van der Waals surface area contributed by atoms with E-state index in [1.54, 1.807) is 0 Å². The summed E-state index contributed by atoms with van der Waals surface area (Å²) in [6, 6.07) is 69.0. The van der Waals surface area contributed by atoms with Crippen LogP contribution in [-0.4, -0.2) is 18.3 Å². The van der Waals surface area contributed by atoms with E-state index in [-0.39, 0.29) is 11.2 Å². The zero-order valence-electron chi connectivity index (χ0n) is 42.7. The van der Waals surface area contributed by atoms with Gasteiger partial charge in [-0.15, -0.1) is 0 Å². The van der Waals surface area contributed by atoms with Crippen LogP contribution in [-0.2, 0) is 9.31 Å². The summed E-state index contributed by atoms with van der Waals surface area (Å²) >= 11 is 3.54. The molecule has 0 bridgehead atoms. The van der Waals surface area contributed by atoms with Crippen molar-refractivity contribution in [2.45, 2.75) is 38.9 Å². The zero-order valence-corrected chi connectivity index (χ0v) is 44.3. The van der Waals surface area contributed by atoms with Gasteiger partial charge in [0.1, 0.15) is 33.7 Å². The van der Waals surface area contributed by atoms with Gasteiger partial charge in [0.2, 0.25) is 0 Å². The van der Waals surface area contributed by atoms with Gasteiger partial charge in [0, 0.05) is 26.0 Å². The van der Waals surface area contributed by atoms with Crippen LogP contribution in [0.5, 0.6) is 46.0 Å². The number of para-hydroxylation sites is 8. The molecule has 0 saturated carbocycles. The van der Waals surface area contributed by atoms with Crippen molar-refractivity contribution in [3.8, 4) is 57.1 Å². The predicted octanol–water partition coefficient (Wildman–Crippen LogP) is 18.9. The molecule has 2 aromatic heterocycles. The number of halogens is 1. The van der Waals surface area contributed by atoms with Gasteiger partial charge in [0.25, 0.3) is 0 Å². The predicted molar refractivity (Wildman–Crippen MR) is 312 cm³/mol. The van der Waals surface area contributed by atoms with Crippen LogP contribution < -0.4 is 34.2 Å². The van der Waals surface area contributed by atoms with Crippen LogP contribution in [0.1, 0.15) is 27.7 Å². The third-order valence-electron chi connectivity index (χ3n) is 15.5. The number of hydrogen-bond acceptors (Lipinski definition) is 10. The van der Waals surface area contributed by atoms with Crippen LogP contribution in [0.2, 0.25) is 0 Å². The molecule has 0 spiro atoms. The first kappa shape index (κ1) is 46.4. The Morgan fingerprint density at radius 3 is 1.38 bits per heavy atom. The average Bonchev–Trinajstić information content (AvgIpc) is 4.19. The third-order valence-corrected chi connectivity index (χ3v) is 16.1. The van der Waals surface area contributed by atoms with Crippen molar-refractivity contribution in [2.75, 3.05) is 9.80 Å². The molecule has 12 heteroatoms. The minimum Gasteiger partial charge on any atom is -0.456 e. The highest BCUT2D eigenvalue weighted by Crippen LogP contribution is 2.61. The summed E-state index contributed by atoms with van der Waals surface area (Å²) in [7, 11) is -0.436. The van der Waals surface area contributed by atoms with E-state index in [0.717, 1.165) is 145 Å². The molecule has 5 aliphatic rings. The fourth-order valence-corrected chi connectivity index (χ4v) is 11.6. The molecule has 10 aromatic carbocycles. The van der Waals surface area contributed by atoms with Crippen LogP contribution in [0.15, 0.2) is 220 Å². The molecule has 7 heterocycles. The topological polar surface area (TPSA) is 88.1 Å². The molecule has 0 aliphatic carbocycles. The second kappa shape index (κ2) is 17.6. The van der Waals surface area contributed by atoms with Crippen LogP contribution in [0, 0.1) is 0 Å². The molecule has 1 fully saturated rings. The number of anilines is 6. The van der Waals surface area contributed by atoms with Crippen molar-refractivity contribution in [2.24, 2.45) is 0 Å². The summed E-state index contributed by atoms with van der Waals surface area (Å²) in [4.78, 5) is 4.44. The molecule has 0 amide bonds. The van der Waals surface area contributed by atoms with Gasteiger partial charge >= 0.3 is 7.12 Å². The normalized spacial score (nSPS) is 15.2. The number of ether oxygens (including phenoxy) is 4. The van der Waals surface area contributed by atoms with Gasteiger partial charge in [-0.3, -0.25) is 9.80 Å². The summed E-state index contributed by atoms with van der Waals surface area (Å²) in [5, 5.41) is 4.55. The molecule has 10 nitrogen and oxygen atoms in total. The van der Waals surface area contributed by atoms with E-state index in [9.17, 15) is 0 Å². The summed E-state index contributed by atoms with van der Waals surface area (Å²) < 4.78 is 50.4. The minimum absolute atomic E-state index is 0.390. The smallest absolute Gasteiger partial charge is 0.456 e. The van der Waals surface area contributed by atoms with E-state index >= 15 is 0 Å². The van der Waals surface area contributed by atoms with Crippen molar-refractivity contribution in [1.82, 2.24) is 0 Å². The molecular weight excluding hydrogens is 1040 g/mol. The number of furan rings is 2. The van der Waals surface area contributed by atoms with Gasteiger partial charge in [-0.25, -0.2) is 0 Å². The number of rotatable bonds is 2. The first-order valence-electron chi connectivity index (χ1n) is 25.9. The summed E-state index contributed by atoms with van der Waals surface area (Å²) in [6.07, 6.45) is 0. The second-order valence-electron chi connectivity index (χ2n) is 20.7. The summed E-state index contributed by atoms with van der Waals surface area (Å²) in [6.45, 7) is 8.24. The largest absolute Gasteiger partial charge is 0.494 e. The maximum atomic E-state index is 6.44. The monoisotopic (exact) mass is 1080 g/mol. The standard InChI is InChI=1S/C30H17NO3.C24H22BNO4.C12H7BrO/c1-3-10-23-20(7-1)29-19(8-5-12-25(29)32-23)18-15-16-22-28(17-18)34-27-14-6-13-26-30(27)31(22)21-9-2-4-11-24(21)33-26;1-23(2)24(3,4)30-25(29-23)15-12-13-17-21(14-15)28-20-11-7-10-19-22(20)26(17)16-8-5-6-9-18(16)27-19;13-9-5-3-7-11-12(9)8-4-1-2-6-10(8)14-11/h1-17H;5-14H,1-4H3;1-7H. The molecular formula is C66H46BBrN2O8. The van der Waals surface area contributed by atoms with Crippen molar-refractivity contribution in [1.29, 1.82) is 0 Å². The number of fused-ring (bicyclic) bond motifs is 14. The molecule has 78 heavy (non-hydrogen) atoms. The quantitative estimate of drug-likeness (QED) is 0.156. The van der Waals surface area contributed by atoms with E-state index in [4.69, 9.17) is 37.1 Å². The SMILES string of the molecule is Brc1cccc2oc3ccccc3c12.CC1(C)OB(c2ccc3c(c2)Oc2cccc4c2N3c2ccccc2O4)OC1(C)C.c1ccc2c(c1)Oc1cccc3c1N2c1ccc(-c2cccc4oc5ccccc5c24)cc1O3. The lowest BCUT2D eigenvalue weighted by molar-refractivity contribution is 0.00578. The Morgan fingerprint density at radius 2 is 0.795 bits per heavy atom. The lowest BCUT2D eigenvalue weighted by atomic mass is 9.78. The van der Waals surface area contributed by atoms with E-state index in [1.165, 1.54) is 0 Å². The molecule has 0 radical (unpaired) electrons. The fourth-order valence-electron chi connectivity index (χ4n) is 11.1. The van der Waals surface area contributed by atoms with Crippen LogP contribution in [0.4, 0.5) is 34.1 Å². The Kier molecular flexibility index (Phi) is 10.4. The van der Waals surface area contributed by atoms with Crippen LogP contribution in [0.25, 0.3) is 55.0 Å². The number of benzene rings is 10. The zero-order chi connectivity index (χ0) is 52.4. The second-order valence-corrected chi connectivity index (χ2v) is 21.6. The third kappa shape index (κ3) is 7.31. The lowest BCUT2D eigenvalue weighted by Gasteiger charge is -2.37. The molecule has 378 valence electrons. The minimum atomic E-state index is -0.436. The molecule has 5 aliphatic heterocycles. The van der Waals surface area contributed by atoms with Gasteiger partial charge in [-0.1, -0.05) is 119 Å². The first-order valence-corrected chi connectivity index (χ1v) is 26.7. The molecule has 0 unspecified atom stereocenters. The van der Waals surface area contributed by atoms with Crippen LogP contribution >= 0.6 is 15.9 Å². The molecule has 1 saturated heterocycles. The summed E-state index contributed by atoms with van der Waals surface area (Å²) in [5.74, 6) is 6.35. The van der Waals surface area contributed by atoms with Crippen molar-refractivity contribution >= 4 is 107 Å². The van der Waals surface area contributed by atoms with E-state index in [0.29, 0.717) is 0 Å². The average molecular weight is 1090 g/mol. The Labute approximate surface area is 457 Å². The Bertz CT molecular complexity index is 4420. The van der Waals surface area contributed by atoms with E-state index < -0.39 is 7.12 Å². The highest BCUT2D eigenvalue weighted by atomic mass is 79.9. The first-order chi connectivity index (χ1) is 38.0. The maximum absolute atomic E-state index is 6.44. The van der Waals surface area contributed by atoms with Gasteiger partial charge in [-0.2, -0.15) is 0 Å². The molecule has 17 rings (SSSR count). The van der Waals surface area contributed by atoms with Gasteiger partial charge < -0.3 is 37.1 Å². The lowest BCUT2D eigenvalue weighted by Crippen LogP contribution is -2.41. The molecule has 0 N–H and O–H groups in total. The highest BCUT2D eigenvalue weighted by Gasteiger charge is 2.52. The van der Waals surface area contributed by atoms with Crippen molar-refractivity contribution in [3.05, 3.63) is 211 Å². The fraction of sp³-hybridized carbons (Fsp3) is 0.0909. The van der Waals surface area contributed by atoms with E-state index in [1.807, 2.05) is 140 Å². The molecule has 0 atom stereocenters. The Morgan fingerprint density at radius 1 is 0.372 bits per heavy atom. The van der Waals surface area contributed by atoms with Crippen molar-refractivity contribution < 1.29 is 37.1 Å².